The van der Waals surface area contributed by atoms with E-state index in [1.54, 1.807) is 6.92 Å². The molecule has 120 valence electrons. The molecule has 0 radical (unpaired) electrons. The van der Waals surface area contributed by atoms with Crippen molar-refractivity contribution in [3.8, 4) is 0 Å². The first-order valence-corrected chi connectivity index (χ1v) is 7.80. The SMILES string of the molecule is CC(=O)N1CCN(CCC(=O)Nc2ccc(C)c(C)c2)CC1. The van der Waals surface area contributed by atoms with Gasteiger partial charge in [0.1, 0.15) is 0 Å². The van der Waals surface area contributed by atoms with Gasteiger partial charge in [-0.3, -0.25) is 14.5 Å². The van der Waals surface area contributed by atoms with Crippen LogP contribution in [0.5, 0.6) is 0 Å². The van der Waals surface area contributed by atoms with Crippen molar-refractivity contribution in [2.24, 2.45) is 0 Å². The standard InChI is InChI=1S/C17H25N3O2/c1-13-4-5-16(12-14(13)2)18-17(22)6-7-19-8-10-20(11-9-19)15(3)21/h4-5,12H,6-11H2,1-3H3,(H,18,22). The summed E-state index contributed by atoms with van der Waals surface area (Å²) in [6, 6.07) is 5.96. The van der Waals surface area contributed by atoms with Gasteiger partial charge in [0.15, 0.2) is 0 Å². The zero-order chi connectivity index (χ0) is 16.1. The fourth-order valence-electron chi connectivity index (χ4n) is 2.59. The molecule has 1 aromatic carbocycles. The average Bonchev–Trinajstić information content (AvgIpc) is 2.49. The van der Waals surface area contributed by atoms with Crippen molar-refractivity contribution in [1.82, 2.24) is 9.80 Å². The van der Waals surface area contributed by atoms with E-state index in [-0.39, 0.29) is 11.8 Å². The van der Waals surface area contributed by atoms with Crippen LogP contribution in [0.1, 0.15) is 24.5 Å². The largest absolute Gasteiger partial charge is 0.340 e. The lowest BCUT2D eigenvalue weighted by molar-refractivity contribution is -0.130. The molecule has 0 unspecified atom stereocenters. The molecule has 0 aromatic heterocycles. The second-order valence-electron chi connectivity index (χ2n) is 5.94. The molecule has 1 fully saturated rings. The highest BCUT2D eigenvalue weighted by Crippen LogP contribution is 2.14. The minimum absolute atomic E-state index is 0.0391. The highest BCUT2D eigenvalue weighted by Gasteiger charge is 2.18. The van der Waals surface area contributed by atoms with Crippen LogP contribution in [0.3, 0.4) is 0 Å². The second-order valence-corrected chi connectivity index (χ2v) is 5.94. The van der Waals surface area contributed by atoms with Crippen LogP contribution in [-0.4, -0.2) is 54.3 Å². The van der Waals surface area contributed by atoms with Crippen LogP contribution < -0.4 is 5.32 Å². The number of aryl methyl sites for hydroxylation is 2. The van der Waals surface area contributed by atoms with Gasteiger partial charge < -0.3 is 10.2 Å². The van der Waals surface area contributed by atoms with Crippen molar-refractivity contribution in [2.75, 3.05) is 38.0 Å². The van der Waals surface area contributed by atoms with Crippen LogP contribution in [0.25, 0.3) is 0 Å². The van der Waals surface area contributed by atoms with E-state index >= 15 is 0 Å². The maximum atomic E-state index is 12.0. The summed E-state index contributed by atoms with van der Waals surface area (Å²) in [4.78, 5) is 27.4. The van der Waals surface area contributed by atoms with E-state index in [4.69, 9.17) is 0 Å². The quantitative estimate of drug-likeness (QED) is 0.923. The Morgan fingerprint density at radius 1 is 1.09 bits per heavy atom. The third-order valence-electron chi connectivity index (χ3n) is 4.26. The van der Waals surface area contributed by atoms with Gasteiger partial charge in [0, 0.05) is 51.8 Å². The Morgan fingerprint density at radius 2 is 1.77 bits per heavy atom. The second kappa shape index (κ2) is 7.40. The van der Waals surface area contributed by atoms with Gasteiger partial charge in [0.25, 0.3) is 0 Å². The number of hydrogen-bond acceptors (Lipinski definition) is 3. The smallest absolute Gasteiger partial charge is 0.225 e. The number of carbonyl (C=O) groups excluding carboxylic acids is 2. The Kier molecular flexibility index (Phi) is 5.55. The van der Waals surface area contributed by atoms with Crippen molar-refractivity contribution in [1.29, 1.82) is 0 Å². The van der Waals surface area contributed by atoms with Gasteiger partial charge in [-0.15, -0.1) is 0 Å². The van der Waals surface area contributed by atoms with E-state index in [1.807, 2.05) is 30.0 Å². The number of nitrogens with one attached hydrogen (secondary N) is 1. The molecule has 1 saturated heterocycles. The molecule has 1 aromatic rings. The first-order valence-electron chi connectivity index (χ1n) is 7.80. The van der Waals surface area contributed by atoms with E-state index in [9.17, 15) is 9.59 Å². The lowest BCUT2D eigenvalue weighted by Crippen LogP contribution is -2.48. The first kappa shape index (κ1) is 16.5. The van der Waals surface area contributed by atoms with Gasteiger partial charge in [0.2, 0.25) is 11.8 Å². The van der Waals surface area contributed by atoms with Crippen molar-refractivity contribution >= 4 is 17.5 Å². The molecule has 22 heavy (non-hydrogen) atoms. The monoisotopic (exact) mass is 303 g/mol. The number of hydrogen-bond donors (Lipinski definition) is 1. The van der Waals surface area contributed by atoms with E-state index in [0.717, 1.165) is 38.4 Å². The highest BCUT2D eigenvalue weighted by molar-refractivity contribution is 5.90. The Morgan fingerprint density at radius 3 is 2.36 bits per heavy atom. The van der Waals surface area contributed by atoms with Crippen molar-refractivity contribution in [3.05, 3.63) is 29.3 Å². The normalized spacial score (nSPS) is 15.7. The molecule has 0 aliphatic carbocycles. The predicted octanol–water partition coefficient (Wildman–Crippen LogP) is 1.80. The highest BCUT2D eigenvalue weighted by atomic mass is 16.2. The number of rotatable bonds is 4. The molecule has 0 bridgehead atoms. The predicted molar refractivity (Wildman–Crippen MR) is 87.9 cm³/mol. The third-order valence-corrected chi connectivity index (χ3v) is 4.26. The molecule has 0 atom stereocenters. The van der Waals surface area contributed by atoms with E-state index in [1.165, 1.54) is 11.1 Å². The minimum atomic E-state index is 0.0391. The Bertz CT molecular complexity index is 549. The first-order chi connectivity index (χ1) is 10.5. The van der Waals surface area contributed by atoms with E-state index in [0.29, 0.717) is 6.42 Å². The van der Waals surface area contributed by atoms with Gasteiger partial charge in [-0.05, 0) is 37.1 Å². The van der Waals surface area contributed by atoms with E-state index < -0.39 is 0 Å². The molecule has 0 saturated carbocycles. The maximum Gasteiger partial charge on any atom is 0.225 e. The molecule has 5 nitrogen and oxygen atoms in total. The van der Waals surface area contributed by atoms with Crippen molar-refractivity contribution < 1.29 is 9.59 Å². The lowest BCUT2D eigenvalue weighted by atomic mass is 10.1. The molecular formula is C17H25N3O2. The molecule has 0 spiro atoms. The number of nitrogens with zero attached hydrogens (tertiary/aromatic N) is 2. The fraction of sp³-hybridized carbons (Fsp3) is 0.529. The maximum absolute atomic E-state index is 12.0. The molecule has 2 rings (SSSR count). The number of anilines is 1. The summed E-state index contributed by atoms with van der Waals surface area (Å²) in [6.07, 6.45) is 0.479. The molecule has 1 N–H and O–H groups in total. The summed E-state index contributed by atoms with van der Waals surface area (Å²) in [5, 5.41) is 2.95. The van der Waals surface area contributed by atoms with Gasteiger partial charge >= 0.3 is 0 Å². The molecule has 5 heteroatoms. The fourth-order valence-corrected chi connectivity index (χ4v) is 2.59. The van der Waals surface area contributed by atoms with Crippen molar-refractivity contribution in [2.45, 2.75) is 27.2 Å². The molecular weight excluding hydrogens is 278 g/mol. The molecule has 2 amide bonds. The van der Waals surface area contributed by atoms with Crippen molar-refractivity contribution in [3.63, 3.8) is 0 Å². The topological polar surface area (TPSA) is 52.7 Å². The summed E-state index contributed by atoms with van der Waals surface area (Å²) in [7, 11) is 0. The number of benzene rings is 1. The van der Waals surface area contributed by atoms with Gasteiger partial charge in [0.05, 0.1) is 0 Å². The zero-order valence-corrected chi connectivity index (χ0v) is 13.7. The minimum Gasteiger partial charge on any atom is -0.340 e. The summed E-state index contributed by atoms with van der Waals surface area (Å²) >= 11 is 0. The number of carbonyl (C=O) groups is 2. The Labute approximate surface area is 132 Å². The van der Waals surface area contributed by atoms with Crippen LogP contribution in [0.4, 0.5) is 5.69 Å². The Hall–Kier alpha value is -1.88. The van der Waals surface area contributed by atoms with Crippen LogP contribution in [-0.2, 0) is 9.59 Å². The summed E-state index contributed by atoms with van der Waals surface area (Å²) in [6.45, 7) is 9.64. The van der Waals surface area contributed by atoms with E-state index in [2.05, 4.69) is 17.1 Å². The van der Waals surface area contributed by atoms with Gasteiger partial charge in [-0.25, -0.2) is 0 Å². The molecule has 1 heterocycles. The van der Waals surface area contributed by atoms with Crippen LogP contribution >= 0.6 is 0 Å². The Balaban J connectivity index is 1.74. The summed E-state index contributed by atoms with van der Waals surface area (Å²) in [5.74, 6) is 0.171. The lowest BCUT2D eigenvalue weighted by Gasteiger charge is -2.34. The summed E-state index contributed by atoms with van der Waals surface area (Å²) in [5.41, 5.74) is 3.26. The number of piperazine rings is 1. The zero-order valence-electron chi connectivity index (χ0n) is 13.7. The summed E-state index contributed by atoms with van der Waals surface area (Å²) < 4.78 is 0. The van der Waals surface area contributed by atoms with Crippen LogP contribution in [0, 0.1) is 13.8 Å². The average molecular weight is 303 g/mol. The van der Waals surface area contributed by atoms with Gasteiger partial charge in [-0.2, -0.15) is 0 Å². The van der Waals surface area contributed by atoms with Gasteiger partial charge in [-0.1, -0.05) is 6.07 Å². The van der Waals surface area contributed by atoms with Crippen LogP contribution in [0.2, 0.25) is 0 Å². The van der Waals surface area contributed by atoms with Crippen LogP contribution in [0.15, 0.2) is 18.2 Å². The molecule has 1 aliphatic rings. The molecule has 1 aliphatic heterocycles. The number of amides is 2. The third kappa shape index (κ3) is 4.56.